The number of H-pyrrole nitrogens is 1. The number of nitrogens with zero attached hydrogens (tertiary/aromatic N) is 2. The molecular weight excluding hydrogens is 356 g/mol. The number of methoxy groups -OCH3 is 1. The topological polar surface area (TPSA) is 62.8 Å². The minimum atomic E-state index is 0.559. The number of benzene rings is 2. The number of ether oxygens (including phenoxy) is 1. The van der Waals surface area contributed by atoms with Crippen molar-refractivity contribution in [3.05, 3.63) is 58.0 Å². The Kier molecular flexibility index (Phi) is 4.29. The van der Waals surface area contributed by atoms with Gasteiger partial charge in [-0.15, -0.1) is 11.3 Å². The van der Waals surface area contributed by atoms with Crippen molar-refractivity contribution in [1.29, 1.82) is 0 Å². The third-order valence-electron chi connectivity index (χ3n) is 3.82. The maximum Gasteiger partial charge on any atom is 0.183 e. The van der Waals surface area contributed by atoms with Crippen LogP contribution in [-0.4, -0.2) is 22.1 Å². The van der Waals surface area contributed by atoms with Crippen LogP contribution in [0.25, 0.3) is 22.4 Å². The molecule has 0 aliphatic carbocycles. The number of anilines is 1. The number of aromatic amines is 1. The third-order valence-corrected chi connectivity index (χ3v) is 4.93. The zero-order valence-electron chi connectivity index (χ0n) is 13.4. The van der Waals surface area contributed by atoms with Crippen LogP contribution < -0.4 is 10.1 Å². The Morgan fingerprint density at radius 3 is 2.96 bits per heavy atom. The molecule has 0 saturated heterocycles. The Morgan fingerprint density at radius 2 is 2.16 bits per heavy atom. The van der Waals surface area contributed by atoms with E-state index in [0.717, 1.165) is 38.7 Å². The Labute approximate surface area is 153 Å². The van der Waals surface area contributed by atoms with E-state index in [9.17, 15) is 0 Å². The molecule has 4 rings (SSSR count). The molecule has 0 atom stereocenters. The van der Waals surface area contributed by atoms with Crippen molar-refractivity contribution in [2.75, 3.05) is 12.4 Å². The molecule has 25 heavy (non-hydrogen) atoms. The van der Waals surface area contributed by atoms with E-state index in [1.165, 1.54) is 11.3 Å². The number of hydrogen-bond donors (Lipinski definition) is 2. The fraction of sp³-hybridized carbons (Fsp3) is 0.111. The minimum absolute atomic E-state index is 0.559. The summed E-state index contributed by atoms with van der Waals surface area (Å²) in [5.41, 5.74) is 3.90. The normalized spacial score (nSPS) is 11.0. The number of fused-ring (bicyclic) bond motifs is 1. The average molecular weight is 371 g/mol. The van der Waals surface area contributed by atoms with E-state index in [2.05, 4.69) is 26.3 Å². The molecule has 0 bridgehead atoms. The van der Waals surface area contributed by atoms with E-state index < -0.39 is 0 Å². The van der Waals surface area contributed by atoms with Crippen LogP contribution in [0.2, 0.25) is 4.47 Å². The van der Waals surface area contributed by atoms with Crippen molar-refractivity contribution >= 4 is 39.7 Å². The van der Waals surface area contributed by atoms with Crippen molar-refractivity contribution in [3.8, 4) is 17.1 Å². The molecule has 0 unspecified atom stereocenters. The summed E-state index contributed by atoms with van der Waals surface area (Å²) in [6.07, 6.45) is 1.79. The van der Waals surface area contributed by atoms with Crippen molar-refractivity contribution < 1.29 is 4.74 Å². The van der Waals surface area contributed by atoms with Crippen molar-refractivity contribution in [2.45, 2.75) is 6.54 Å². The van der Waals surface area contributed by atoms with E-state index in [0.29, 0.717) is 11.0 Å². The minimum Gasteiger partial charge on any atom is -0.497 e. The summed E-state index contributed by atoms with van der Waals surface area (Å²) in [4.78, 5) is 13.2. The lowest BCUT2D eigenvalue weighted by atomic mass is 10.2. The van der Waals surface area contributed by atoms with Crippen LogP contribution in [0.3, 0.4) is 0 Å². The highest BCUT2D eigenvalue weighted by Crippen LogP contribution is 2.26. The molecule has 126 valence electrons. The van der Waals surface area contributed by atoms with Gasteiger partial charge < -0.3 is 15.0 Å². The SMILES string of the molecule is COc1cccc(-c2nc3ccc(NCc4cnc(Cl)s4)cc3[nH]2)c1. The average Bonchev–Trinajstić information content (AvgIpc) is 3.25. The predicted molar refractivity (Wildman–Crippen MR) is 103 cm³/mol. The highest BCUT2D eigenvalue weighted by molar-refractivity contribution is 7.15. The second kappa shape index (κ2) is 6.74. The van der Waals surface area contributed by atoms with Crippen molar-refractivity contribution in [3.63, 3.8) is 0 Å². The molecule has 2 aromatic carbocycles. The fourth-order valence-corrected chi connectivity index (χ4v) is 3.50. The molecule has 2 N–H and O–H groups in total. The molecule has 0 amide bonds. The van der Waals surface area contributed by atoms with Crippen LogP contribution >= 0.6 is 22.9 Å². The van der Waals surface area contributed by atoms with Crippen LogP contribution in [-0.2, 0) is 6.54 Å². The van der Waals surface area contributed by atoms with Gasteiger partial charge in [0, 0.05) is 22.3 Å². The lowest BCUT2D eigenvalue weighted by Crippen LogP contribution is -1.96. The molecule has 0 radical (unpaired) electrons. The van der Waals surface area contributed by atoms with Crippen LogP contribution in [0, 0.1) is 0 Å². The van der Waals surface area contributed by atoms with Gasteiger partial charge >= 0.3 is 0 Å². The van der Waals surface area contributed by atoms with Crippen LogP contribution in [0.4, 0.5) is 5.69 Å². The lowest BCUT2D eigenvalue weighted by Gasteiger charge is -2.03. The quantitative estimate of drug-likeness (QED) is 0.521. The molecule has 7 heteroatoms. The molecule has 0 fully saturated rings. The summed E-state index contributed by atoms with van der Waals surface area (Å²) in [7, 11) is 1.66. The van der Waals surface area contributed by atoms with E-state index >= 15 is 0 Å². The third kappa shape index (κ3) is 3.45. The van der Waals surface area contributed by atoms with Gasteiger partial charge in [0.15, 0.2) is 4.47 Å². The number of aromatic nitrogens is 3. The first-order valence-electron chi connectivity index (χ1n) is 7.69. The summed E-state index contributed by atoms with van der Waals surface area (Å²) >= 11 is 7.34. The number of nitrogens with one attached hydrogen (secondary N) is 2. The molecule has 0 saturated carbocycles. The Hall–Kier alpha value is -2.57. The first kappa shape index (κ1) is 15.9. The van der Waals surface area contributed by atoms with Gasteiger partial charge in [0.05, 0.1) is 24.7 Å². The van der Waals surface area contributed by atoms with E-state index in [1.54, 1.807) is 13.3 Å². The summed E-state index contributed by atoms with van der Waals surface area (Å²) in [5.74, 6) is 1.63. The van der Waals surface area contributed by atoms with Crippen molar-refractivity contribution in [2.24, 2.45) is 0 Å². The van der Waals surface area contributed by atoms with Gasteiger partial charge in [0.1, 0.15) is 11.6 Å². The van der Waals surface area contributed by atoms with Gasteiger partial charge in [-0.25, -0.2) is 9.97 Å². The van der Waals surface area contributed by atoms with Crippen LogP contribution in [0.1, 0.15) is 4.88 Å². The Balaban J connectivity index is 1.58. The lowest BCUT2D eigenvalue weighted by molar-refractivity contribution is 0.415. The fourth-order valence-electron chi connectivity index (χ4n) is 2.58. The number of hydrogen-bond acceptors (Lipinski definition) is 5. The summed E-state index contributed by atoms with van der Waals surface area (Å²) < 4.78 is 5.84. The largest absolute Gasteiger partial charge is 0.497 e. The van der Waals surface area contributed by atoms with Gasteiger partial charge in [-0.3, -0.25) is 0 Å². The van der Waals surface area contributed by atoms with E-state index in [-0.39, 0.29) is 0 Å². The number of halogens is 1. The van der Waals surface area contributed by atoms with Gasteiger partial charge in [-0.05, 0) is 30.3 Å². The molecule has 2 heterocycles. The number of rotatable bonds is 5. The summed E-state index contributed by atoms with van der Waals surface area (Å²) in [6, 6.07) is 13.9. The first-order valence-corrected chi connectivity index (χ1v) is 8.89. The molecule has 0 aliphatic rings. The highest BCUT2D eigenvalue weighted by atomic mass is 35.5. The monoisotopic (exact) mass is 370 g/mol. The van der Waals surface area contributed by atoms with E-state index in [4.69, 9.17) is 16.3 Å². The van der Waals surface area contributed by atoms with Crippen LogP contribution in [0.5, 0.6) is 5.75 Å². The maximum absolute atomic E-state index is 5.86. The second-order valence-corrected chi connectivity index (χ2v) is 7.18. The van der Waals surface area contributed by atoms with Gasteiger partial charge in [-0.1, -0.05) is 23.7 Å². The molecule has 0 spiro atoms. The number of imidazole rings is 1. The highest BCUT2D eigenvalue weighted by Gasteiger charge is 2.07. The standard InChI is InChI=1S/C18H15ClN4OS/c1-24-13-4-2-3-11(7-13)17-22-15-6-5-12(8-16(15)23-17)20-9-14-10-21-18(19)25-14/h2-8,10,20H,9H2,1H3,(H,22,23). The molecule has 4 aromatic rings. The zero-order chi connectivity index (χ0) is 17.2. The van der Waals surface area contributed by atoms with Gasteiger partial charge in [0.2, 0.25) is 0 Å². The number of thiazole rings is 1. The molecule has 2 aromatic heterocycles. The Morgan fingerprint density at radius 1 is 1.24 bits per heavy atom. The first-order chi connectivity index (χ1) is 12.2. The Bertz CT molecular complexity index is 1030. The van der Waals surface area contributed by atoms with Crippen LogP contribution in [0.15, 0.2) is 48.7 Å². The molecule has 5 nitrogen and oxygen atoms in total. The molecular formula is C18H15ClN4OS. The molecule has 0 aliphatic heterocycles. The maximum atomic E-state index is 5.86. The summed E-state index contributed by atoms with van der Waals surface area (Å²) in [6.45, 7) is 0.687. The zero-order valence-corrected chi connectivity index (χ0v) is 15.0. The van der Waals surface area contributed by atoms with Gasteiger partial charge in [0.25, 0.3) is 0 Å². The predicted octanol–water partition coefficient (Wildman–Crippen LogP) is 4.96. The second-order valence-electron chi connectivity index (χ2n) is 5.48. The smallest absolute Gasteiger partial charge is 0.183 e. The van der Waals surface area contributed by atoms with Gasteiger partial charge in [-0.2, -0.15) is 0 Å². The van der Waals surface area contributed by atoms with Crippen molar-refractivity contribution in [1.82, 2.24) is 15.0 Å². The summed E-state index contributed by atoms with van der Waals surface area (Å²) in [5, 5.41) is 3.38. The van der Waals surface area contributed by atoms with E-state index in [1.807, 2.05) is 36.4 Å².